The van der Waals surface area contributed by atoms with Gasteiger partial charge in [0.05, 0.1) is 13.7 Å². The molecule has 5 atom stereocenters. The second-order valence-corrected chi connectivity index (χ2v) is 5.42. The normalized spacial score (nSPS) is 30.5. The largest absolute Gasteiger partial charge is 0.497 e. The van der Waals surface area contributed by atoms with Gasteiger partial charge in [0.1, 0.15) is 36.3 Å². The van der Waals surface area contributed by atoms with E-state index in [-0.39, 0.29) is 0 Å². The number of ether oxygens (including phenoxy) is 2. The Kier molecular flexibility index (Phi) is 5.92. The van der Waals surface area contributed by atoms with Gasteiger partial charge in [0.25, 0.3) is 0 Å². The van der Waals surface area contributed by atoms with Crippen LogP contribution < -0.4 is 4.74 Å². The second kappa shape index (κ2) is 7.73. The van der Waals surface area contributed by atoms with Gasteiger partial charge < -0.3 is 35.0 Å². The molecule has 1 aromatic carbocycles. The SMILES string of the molecule is COc1ccc(/C=C\C(=O)O)c(C2O[C@H](CO)[C@@H](O)[C@H](O)[C@H]2O)c1. The van der Waals surface area contributed by atoms with E-state index in [0.717, 1.165) is 6.08 Å². The summed E-state index contributed by atoms with van der Waals surface area (Å²) in [4.78, 5) is 10.7. The third-order valence-electron chi connectivity index (χ3n) is 3.90. The smallest absolute Gasteiger partial charge is 0.328 e. The minimum Gasteiger partial charge on any atom is -0.497 e. The van der Waals surface area contributed by atoms with Gasteiger partial charge in [0, 0.05) is 6.08 Å². The van der Waals surface area contributed by atoms with Gasteiger partial charge in [-0.15, -0.1) is 0 Å². The van der Waals surface area contributed by atoms with Crippen LogP contribution >= 0.6 is 0 Å². The van der Waals surface area contributed by atoms with Crippen molar-refractivity contribution in [3.8, 4) is 5.75 Å². The first-order chi connectivity index (χ1) is 11.4. The molecule has 0 spiro atoms. The lowest BCUT2D eigenvalue weighted by Crippen LogP contribution is -2.55. The van der Waals surface area contributed by atoms with Crippen molar-refractivity contribution in [3.05, 3.63) is 35.4 Å². The Morgan fingerprint density at radius 3 is 2.54 bits per heavy atom. The van der Waals surface area contributed by atoms with Crippen LogP contribution in [0, 0.1) is 0 Å². The quantitative estimate of drug-likeness (QED) is 0.444. The van der Waals surface area contributed by atoms with Crippen LogP contribution in [0.15, 0.2) is 24.3 Å². The molecule has 1 saturated heterocycles. The van der Waals surface area contributed by atoms with Gasteiger partial charge >= 0.3 is 5.97 Å². The minimum atomic E-state index is -1.52. The molecule has 24 heavy (non-hydrogen) atoms. The fourth-order valence-corrected chi connectivity index (χ4v) is 2.60. The number of carboxylic acids is 1. The number of aliphatic hydroxyl groups excluding tert-OH is 4. The van der Waals surface area contributed by atoms with E-state index in [0.29, 0.717) is 16.9 Å². The van der Waals surface area contributed by atoms with E-state index in [2.05, 4.69) is 0 Å². The molecule has 5 N–H and O–H groups in total. The monoisotopic (exact) mass is 340 g/mol. The maximum absolute atomic E-state index is 10.7. The van der Waals surface area contributed by atoms with Crippen LogP contribution in [-0.4, -0.2) is 69.6 Å². The first-order valence-corrected chi connectivity index (χ1v) is 7.28. The highest BCUT2D eigenvalue weighted by Gasteiger charge is 2.44. The average Bonchev–Trinajstić information content (AvgIpc) is 2.58. The maximum Gasteiger partial charge on any atom is 0.328 e. The molecule has 0 radical (unpaired) electrons. The predicted molar refractivity (Wildman–Crippen MR) is 82.4 cm³/mol. The van der Waals surface area contributed by atoms with Crippen LogP contribution in [0.4, 0.5) is 0 Å². The summed E-state index contributed by atoms with van der Waals surface area (Å²) in [6, 6.07) is 4.72. The van der Waals surface area contributed by atoms with E-state index < -0.39 is 43.1 Å². The van der Waals surface area contributed by atoms with Gasteiger partial charge in [0.2, 0.25) is 0 Å². The van der Waals surface area contributed by atoms with Gasteiger partial charge in [-0.1, -0.05) is 6.07 Å². The molecule has 8 heteroatoms. The van der Waals surface area contributed by atoms with Crippen LogP contribution in [0.5, 0.6) is 5.75 Å². The Hall–Kier alpha value is -1.97. The van der Waals surface area contributed by atoms with Crippen molar-refractivity contribution in [2.24, 2.45) is 0 Å². The molecule has 8 nitrogen and oxygen atoms in total. The van der Waals surface area contributed by atoms with Crippen LogP contribution in [0.3, 0.4) is 0 Å². The van der Waals surface area contributed by atoms with Crippen molar-refractivity contribution < 1.29 is 39.8 Å². The fraction of sp³-hybridized carbons (Fsp3) is 0.438. The van der Waals surface area contributed by atoms with Crippen molar-refractivity contribution in [2.75, 3.05) is 13.7 Å². The zero-order valence-electron chi connectivity index (χ0n) is 12.9. The first kappa shape index (κ1) is 18.4. The first-order valence-electron chi connectivity index (χ1n) is 7.28. The third-order valence-corrected chi connectivity index (χ3v) is 3.90. The van der Waals surface area contributed by atoms with E-state index in [4.69, 9.17) is 14.6 Å². The van der Waals surface area contributed by atoms with Gasteiger partial charge in [0.15, 0.2) is 0 Å². The van der Waals surface area contributed by atoms with Gasteiger partial charge in [-0.25, -0.2) is 4.79 Å². The van der Waals surface area contributed by atoms with E-state index in [9.17, 15) is 25.2 Å². The Bertz CT molecular complexity index is 612. The molecule has 1 aliphatic rings. The number of carbonyl (C=O) groups is 1. The minimum absolute atomic E-state index is 0.365. The van der Waals surface area contributed by atoms with Crippen molar-refractivity contribution in [3.63, 3.8) is 0 Å². The van der Waals surface area contributed by atoms with Crippen molar-refractivity contribution in [1.82, 2.24) is 0 Å². The molecule has 0 bridgehead atoms. The van der Waals surface area contributed by atoms with Crippen LogP contribution in [0.1, 0.15) is 17.2 Å². The molecule has 0 amide bonds. The molecule has 1 aliphatic heterocycles. The third kappa shape index (κ3) is 3.74. The number of aliphatic carboxylic acids is 1. The average molecular weight is 340 g/mol. The molecular formula is C16H20O8. The van der Waals surface area contributed by atoms with E-state index in [1.54, 1.807) is 12.1 Å². The lowest BCUT2D eigenvalue weighted by atomic mass is 9.89. The molecule has 2 rings (SSSR count). The van der Waals surface area contributed by atoms with Crippen molar-refractivity contribution >= 4 is 12.0 Å². The molecule has 1 fully saturated rings. The summed E-state index contributed by atoms with van der Waals surface area (Å²) in [7, 11) is 1.44. The standard InChI is InChI=1S/C16H20O8/c1-23-9-4-2-8(3-5-12(18)19)10(6-9)16-15(22)14(21)13(20)11(7-17)24-16/h2-6,11,13-17,20-22H,7H2,1H3,(H,18,19)/b5-3-/t11-,13-,14+,15-,16?/m1/s1. The van der Waals surface area contributed by atoms with Gasteiger partial charge in [-0.2, -0.15) is 0 Å². The number of benzene rings is 1. The summed E-state index contributed by atoms with van der Waals surface area (Å²) in [5, 5.41) is 48.1. The fourth-order valence-electron chi connectivity index (χ4n) is 2.60. The number of rotatable bonds is 5. The Labute approximate surface area is 138 Å². The number of aliphatic hydroxyl groups is 4. The summed E-state index contributed by atoms with van der Waals surface area (Å²) in [6.45, 7) is -0.550. The van der Waals surface area contributed by atoms with E-state index in [1.165, 1.54) is 19.3 Å². The van der Waals surface area contributed by atoms with E-state index in [1.807, 2.05) is 0 Å². The molecule has 0 aromatic heterocycles. The summed E-state index contributed by atoms with van der Waals surface area (Å²) < 4.78 is 10.6. The molecule has 0 saturated carbocycles. The van der Waals surface area contributed by atoms with Crippen molar-refractivity contribution in [1.29, 1.82) is 0 Å². The van der Waals surface area contributed by atoms with Gasteiger partial charge in [-0.3, -0.25) is 0 Å². The molecule has 1 heterocycles. The number of carboxylic acid groups (broad SMARTS) is 1. The molecule has 1 aromatic rings. The molecule has 1 unspecified atom stereocenters. The lowest BCUT2D eigenvalue weighted by Gasteiger charge is -2.40. The number of hydrogen-bond acceptors (Lipinski definition) is 7. The summed E-state index contributed by atoms with van der Waals surface area (Å²) >= 11 is 0. The zero-order chi connectivity index (χ0) is 17.9. The predicted octanol–water partition coefficient (Wildman–Crippen LogP) is -0.692. The molecule has 132 valence electrons. The molecule has 0 aliphatic carbocycles. The van der Waals surface area contributed by atoms with Crippen LogP contribution in [0.25, 0.3) is 6.08 Å². The summed E-state index contributed by atoms with van der Waals surface area (Å²) in [5.41, 5.74) is 0.797. The highest BCUT2D eigenvalue weighted by molar-refractivity contribution is 5.85. The summed E-state index contributed by atoms with van der Waals surface area (Å²) in [6.07, 6.45) is -4.35. The highest BCUT2D eigenvalue weighted by Crippen LogP contribution is 2.36. The van der Waals surface area contributed by atoms with Crippen LogP contribution in [0.2, 0.25) is 0 Å². The zero-order valence-corrected chi connectivity index (χ0v) is 12.9. The second-order valence-electron chi connectivity index (χ2n) is 5.42. The Morgan fingerprint density at radius 2 is 1.96 bits per heavy atom. The Balaban J connectivity index is 2.45. The highest BCUT2D eigenvalue weighted by atomic mass is 16.5. The summed E-state index contributed by atoms with van der Waals surface area (Å²) in [5.74, 6) is -0.708. The van der Waals surface area contributed by atoms with Crippen molar-refractivity contribution in [2.45, 2.75) is 30.5 Å². The van der Waals surface area contributed by atoms with Gasteiger partial charge in [-0.05, 0) is 29.3 Å². The Morgan fingerprint density at radius 1 is 1.25 bits per heavy atom. The topological polar surface area (TPSA) is 137 Å². The van der Waals surface area contributed by atoms with Crippen LogP contribution in [-0.2, 0) is 9.53 Å². The lowest BCUT2D eigenvalue weighted by molar-refractivity contribution is -0.231. The number of hydrogen-bond donors (Lipinski definition) is 5. The van der Waals surface area contributed by atoms with E-state index >= 15 is 0 Å². The number of methoxy groups -OCH3 is 1. The maximum atomic E-state index is 10.7. The molecular weight excluding hydrogens is 320 g/mol.